The number of pyridine rings is 1. The number of oxime groups is 1. The highest BCUT2D eigenvalue weighted by atomic mass is 16.5. The molecule has 0 spiro atoms. The van der Waals surface area contributed by atoms with Gasteiger partial charge in [0.05, 0.1) is 12.2 Å². The molecular formula is C13H19N3O3. The fourth-order valence-corrected chi connectivity index (χ4v) is 2.20. The van der Waals surface area contributed by atoms with Crippen molar-refractivity contribution in [3.8, 4) is 5.88 Å². The molecule has 1 heterocycles. The third-order valence-corrected chi connectivity index (χ3v) is 3.19. The molecule has 1 aromatic heterocycles. The minimum absolute atomic E-state index is 0.000119. The minimum atomic E-state index is -0.000119. The van der Waals surface area contributed by atoms with Crippen LogP contribution in [0.2, 0.25) is 0 Å². The van der Waals surface area contributed by atoms with Gasteiger partial charge in [0, 0.05) is 18.7 Å². The highest BCUT2D eigenvalue weighted by molar-refractivity contribution is 5.99. The van der Waals surface area contributed by atoms with Gasteiger partial charge < -0.3 is 20.8 Å². The van der Waals surface area contributed by atoms with E-state index in [0.717, 1.165) is 36.9 Å². The van der Waals surface area contributed by atoms with Gasteiger partial charge in [0.15, 0.2) is 5.84 Å². The molecule has 0 fully saturated rings. The first-order chi connectivity index (χ1) is 9.26. The predicted octanol–water partition coefficient (Wildman–Crippen LogP) is 0.816. The van der Waals surface area contributed by atoms with Crippen LogP contribution in [0.3, 0.4) is 0 Å². The summed E-state index contributed by atoms with van der Waals surface area (Å²) in [4.78, 5) is 4.48. The quantitative estimate of drug-likeness (QED) is 0.240. The summed E-state index contributed by atoms with van der Waals surface area (Å²) in [6.45, 7) is 0.415. The Labute approximate surface area is 111 Å². The second kappa shape index (κ2) is 6.38. The Morgan fingerprint density at radius 3 is 2.95 bits per heavy atom. The first-order valence-corrected chi connectivity index (χ1v) is 6.50. The standard InChI is InChI=1S/C13H19N3O3/c14-12(16-18)10-8-9-4-1-2-5-11(9)15-13(10)19-7-3-6-17/h8,17-18H,1-7H2,(H2,14,16). The molecule has 1 aromatic rings. The van der Waals surface area contributed by atoms with Gasteiger partial charge in [0.25, 0.3) is 0 Å². The number of rotatable bonds is 5. The molecular weight excluding hydrogens is 246 g/mol. The summed E-state index contributed by atoms with van der Waals surface area (Å²) in [6.07, 6.45) is 4.68. The average Bonchev–Trinajstić information content (AvgIpc) is 2.46. The Hall–Kier alpha value is -1.82. The largest absolute Gasteiger partial charge is 0.477 e. The highest BCUT2D eigenvalue weighted by Crippen LogP contribution is 2.26. The normalized spacial score (nSPS) is 15.1. The van der Waals surface area contributed by atoms with E-state index in [2.05, 4.69) is 10.1 Å². The fraction of sp³-hybridized carbons (Fsp3) is 0.538. The Balaban J connectivity index is 2.31. The number of nitrogens with two attached hydrogens (primary N) is 1. The van der Waals surface area contributed by atoms with Crippen molar-refractivity contribution in [2.45, 2.75) is 32.1 Å². The van der Waals surface area contributed by atoms with E-state index in [1.54, 1.807) is 0 Å². The van der Waals surface area contributed by atoms with Gasteiger partial charge in [0.2, 0.25) is 5.88 Å². The molecule has 6 nitrogen and oxygen atoms in total. The molecule has 0 amide bonds. The van der Waals surface area contributed by atoms with Gasteiger partial charge in [-0.05, 0) is 37.3 Å². The van der Waals surface area contributed by atoms with E-state index in [1.807, 2.05) is 6.07 Å². The molecule has 1 aliphatic carbocycles. The molecule has 0 unspecified atom stereocenters. The number of aliphatic hydroxyl groups is 1. The molecule has 0 aliphatic heterocycles. The van der Waals surface area contributed by atoms with Crippen molar-refractivity contribution in [2.75, 3.05) is 13.2 Å². The lowest BCUT2D eigenvalue weighted by Crippen LogP contribution is -2.19. The van der Waals surface area contributed by atoms with Gasteiger partial charge in [-0.25, -0.2) is 4.98 Å². The van der Waals surface area contributed by atoms with E-state index < -0.39 is 0 Å². The van der Waals surface area contributed by atoms with Crippen LogP contribution in [0.1, 0.15) is 36.1 Å². The second-order valence-electron chi connectivity index (χ2n) is 4.56. The molecule has 19 heavy (non-hydrogen) atoms. The summed E-state index contributed by atoms with van der Waals surface area (Å²) in [5.41, 5.74) is 8.35. The van der Waals surface area contributed by atoms with E-state index in [0.29, 0.717) is 24.5 Å². The molecule has 0 saturated carbocycles. The lowest BCUT2D eigenvalue weighted by molar-refractivity contribution is 0.228. The Kier molecular flexibility index (Phi) is 4.57. The molecule has 0 radical (unpaired) electrons. The molecule has 2 rings (SSSR count). The highest BCUT2D eigenvalue weighted by Gasteiger charge is 2.18. The Morgan fingerprint density at radius 1 is 1.42 bits per heavy atom. The van der Waals surface area contributed by atoms with Crippen molar-refractivity contribution >= 4 is 5.84 Å². The van der Waals surface area contributed by atoms with Crippen LogP contribution in [-0.2, 0) is 12.8 Å². The van der Waals surface area contributed by atoms with Gasteiger partial charge in [-0.3, -0.25) is 0 Å². The zero-order valence-electron chi connectivity index (χ0n) is 10.8. The number of nitrogens with zero attached hydrogens (tertiary/aromatic N) is 2. The van der Waals surface area contributed by atoms with Gasteiger partial charge >= 0.3 is 0 Å². The summed E-state index contributed by atoms with van der Waals surface area (Å²) in [5, 5.41) is 20.6. The lowest BCUT2D eigenvalue weighted by Gasteiger charge is -2.18. The molecule has 0 bridgehead atoms. The van der Waals surface area contributed by atoms with Crippen molar-refractivity contribution in [1.29, 1.82) is 0 Å². The average molecular weight is 265 g/mol. The first-order valence-electron chi connectivity index (χ1n) is 6.50. The number of fused-ring (bicyclic) bond motifs is 1. The van der Waals surface area contributed by atoms with Crippen LogP contribution in [-0.4, -0.2) is 34.3 Å². The lowest BCUT2D eigenvalue weighted by atomic mass is 9.95. The van der Waals surface area contributed by atoms with Crippen molar-refractivity contribution in [1.82, 2.24) is 4.98 Å². The van der Waals surface area contributed by atoms with Crippen molar-refractivity contribution in [3.63, 3.8) is 0 Å². The summed E-state index contributed by atoms with van der Waals surface area (Å²) in [6, 6.07) is 1.89. The van der Waals surface area contributed by atoms with Crippen LogP contribution in [0.4, 0.5) is 0 Å². The van der Waals surface area contributed by atoms with Crippen molar-refractivity contribution in [2.24, 2.45) is 10.9 Å². The summed E-state index contributed by atoms with van der Waals surface area (Å²) >= 11 is 0. The maximum absolute atomic E-state index is 8.83. The van der Waals surface area contributed by atoms with E-state index in [9.17, 15) is 0 Å². The minimum Gasteiger partial charge on any atom is -0.477 e. The monoisotopic (exact) mass is 265 g/mol. The first kappa shape index (κ1) is 13.6. The third-order valence-electron chi connectivity index (χ3n) is 3.19. The number of amidine groups is 1. The molecule has 0 saturated heterocycles. The van der Waals surface area contributed by atoms with Crippen LogP contribution in [0, 0.1) is 0 Å². The van der Waals surface area contributed by atoms with Crippen LogP contribution < -0.4 is 10.5 Å². The maximum atomic E-state index is 8.83. The summed E-state index contributed by atoms with van der Waals surface area (Å²) < 4.78 is 5.52. The molecule has 1 aliphatic rings. The van der Waals surface area contributed by atoms with Crippen LogP contribution in [0.15, 0.2) is 11.2 Å². The summed E-state index contributed by atoms with van der Waals surface area (Å²) in [7, 11) is 0. The van der Waals surface area contributed by atoms with Gasteiger partial charge in [-0.2, -0.15) is 0 Å². The molecule has 0 aromatic carbocycles. The topological polar surface area (TPSA) is 101 Å². The number of hydrogen-bond acceptors (Lipinski definition) is 5. The number of aryl methyl sites for hydroxylation is 2. The van der Waals surface area contributed by atoms with E-state index >= 15 is 0 Å². The number of hydrogen-bond donors (Lipinski definition) is 3. The number of aromatic nitrogens is 1. The Bertz CT molecular complexity index is 474. The van der Waals surface area contributed by atoms with Gasteiger partial charge in [-0.15, -0.1) is 0 Å². The molecule has 104 valence electrons. The van der Waals surface area contributed by atoms with Crippen LogP contribution in [0.5, 0.6) is 5.88 Å². The zero-order chi connectivity index (χ0) is 13.7. The van der Waals surface area contributed by atoms with Crippen LogP contribution in [0.25, 0.3) is 0 Å². The van der Waals surface area contributed by atoms with E-state index in [4.69, 9.17) is 20.8 Å². The molecule has 4 N–H and O–H groups in total. The molecule has 0 atom stereocenters. The zero-order valence-corrected chi connectivity index (χ0v) is 10.8. The Morgan fingerprint density at radius 2 is 2.21 bits per heavy atom. The van der Waals surface area contributed by atoms with Gasteiger partial charge in [-0.1, -0.05) is 5.16 Å². The number of ether oxygens (including phenoxy) is 1. The SMILES string of the molecule is NC(=NO)c1cc2c(nc1OCCCO)CCCC2. The van der Waals surface area contributed by atoms with E-state index in [1.165, 1.54) is 0 Å². The van der Waals surface area contributed by atoms with Crippen molar-refractivity contribution in [3.05, 3.63) is 22.9 Å². The number of aliphatic hydroxyl groups excluding tert-OH is 1. The second-order valence-corrected chi connectivity index (χ2v) is 4.56. The van der Waals surface area contributed by atoms with E-state index in [-0.39, 0.29) is 12.4 Å². The third kappa shape index (κ3) is 3.14. The van der Waals surface area contributed by atoms with Gasteiger partial charge in [0.1, 0.15) is 0 Å². The fourth-order valence-electron chi connectivity index (χ4n) is 2.20. The predicted molar refractivity (Wildman–Crippen MR) is 70.6 cm³/mol. The maximum Gasteiger partial charge on any atom is 0.224 e. The molecule has 6 heteroatoms. The smallest absolute Gasteiger partial charge is 0.224 e. The van der Waals surface area contributed by atoms with Crippen LogP contribution >= 0.6 is 0 Å². The van der Waals surface area contributed by atoms with Crippen molar-refractivity contribution < 1.29 is 15.1 Å². The summed E-state index contributed by atoms with van der Waals surface area (Å²) in [5.74, 6) is 0.379.